The predicted molar refractivity (Wildman–Crippen MR) is 67.4 cm³/mol. The van der Waals surface area contributed by atoms with E-state index < -0.39 is 24.6 Å². The summed E-state index contributed by atoms with van der Waals surface area (Å²) in [6.07, 6.45) is -2.40. The molecule has 0 aromatic heterocycles. The van der Waals surface area contributed by atoms with Crippen LogP contribution in [-0.2, 0) is 0 Å². The maximum absolute atomic E-state index is 12.3. The second-order valence-electron chi connectivity index (χ2n) is 5.66. The molecule has 0 aliphatic heterocycles. The van der Waals surface area contributed by atoms with Gasteiger partial charge in [-0.05, 0) is 24.7 Å². The normalized spacial score (nSPS) is 26.3. The fourth-order valence-electron chi connectivity index (χ4n) is 2.91. The summed E-state index contributed by atoms with van der Waals surface area (Å²) in [5, 5.41) is 18.3. The minimum atomic E-state index is -4.34. The SMILES string of the molecule is [C-]#[N+]C(C#N)(CCC(F)(F)F)C[C@H]1CCC[C@@H](CO)C1. The van der Waals surface area contributed by atoms with Crippen LogP contribution in [-0.4, -0.2) is 23.4 Å². The Balaban J connectivity index is 2.67. The highest BCUT2D eigenvalue weighted by Crippen LogP contribution is 2.38. The summed E-state index contributed by atoms with van der Waals surface area (Å²) in [5.74, 6) is 0.210. The number of aliphatic hydroxyl groups excluding tert-OH is 1. The third-order valence-corrected chi connectivity index (χ3v) is 4.02. The quantitative estimate of drug-likeness (QED) is 0.784. The van der Waals surface area contributed by atoms with Crippen molar-refractivity contribution < 1.29 is 18.3 Å². The first kappa shape index (κ1) is 16.8. The van der Waals surface area contributed by atoms with Crippen LogP contribution in [0.15, 0.2) is 0 Å². The van der Waals surface area contributed by atoms with Crippen molar-refractivity contribution in [2.75, 3.05) is 6.61 Å². The molecule has 0 radical (unpaired) electrons. The zero-order valence-electron chi connectivity index (χ0n) is 11.3. The molecule has 0 aromatic rings. The third-order valence-electron chi connectivity index (χ3n) is 4.02. The van der Waals surface area contributed by atoms with Gasteiger partial charge in [0.2, 0.25) is 0 Å². The van der Waals surface area contributed by atoms with Crippen molar-refractivity contribution in [3.8, 4) is 6.07 Å². The Labute approximate surface area is 117 Å². The van der Waals surface area contributed by atoms with Gasteiger partial charge in [0.15, 0.2) is 6.07 Å². The standard InChI is InChI=1S/C14H19F3N2O/c1-19-13(10-18,5-6-14(15,16)17)8-11-3-2-4-12(7-11)9-20/h11-12,20H,2-9H2/t11-,12+,13?/m0/s1. The van der Waals surface area contributed by atoms with Gasteiger partial charge < -0.3 is 5.11 Å². The lowest BCUT2D eigenvalue weighted by molar-refractivity contribution is -0.137. The lowest BCUT2D eigenvalue weighted by atomic mass is 9.75. The van der Waals surface area contributed by atoms with Gasteiger partial charge in [0, 0.05) is 19.4 Å². The van der Waals surface area contributed by atoms with E-state index in [9.17, 15) is 13.2 Å². The Morgan fingerprint density at radius 1 is 1.25 bits per heavy atom. The molecule has 1 fully saturated rings. The fraction of sp³-hybridized carbons (Fsp3) is 0.857. The monoisotopic (exact) mass is 288 g/mol. The largest absolute Gasteiger partial charge is 0.396 e. The second kappa shape index (κ2) is 6.95. The van der Waals surface area contributed by atoms with Crippen LogP contribution in [0.5, 0.6) is 0 Å². The Bertz CT molecular complexity index is 381. The van der Waals surface area contributed by atoms with Gasteiger partial charge in [0.1, 0.15) is 0 Å². The molecule has 6 heteroatoms. The van der Waals surface area contributed by atoms with Crippen molar-refractivity contribution in [1.29, 1.82) is 5.26 Å². The zero-order chi connectivity index (χ0) is 15.2. The van der Waals surface area contributed by atoms with Crippen LogP contribution in [0, 0.1) is 29.7 Å². The highest BCUT2D eigenvalue weighted by Gasteiger charge is 2.44. The number of aliphatic hydroxyl groups is 1. The van der Waals surface area contributed by atoms with Gasteiger partial charge in [-0.1, -0.05) is 12.8 Å². The molecule has 0 bridgehead atoms. The fourth-order valence-corrected chi connectivity index (χ4v) is 2.91. The zero-order valence-corrected chi connectivity index (χ0v) is 11.3. The van der Waals surface area contributed by atoms with E-state index in [1.165, 1.54) is 0 Å². The Morgan fingerprint density at radius 2 is 1.90 bits per heavy atom. The van der Waals surface area contributed by atoms with E-state index in [2.05, 4.69) is 4.85 Å². The minimum absolute atomic E-state index is 0.0582. The van der Waals surface area contributed by atoms with E-state index >= 15 is 0 Å². The summed E-state index contributed by atoms with van der Waals surface area (Å²) in [6, 6.07) is 1.80. The van der Waals surface area contributed by atoms with Crippen LogP contribution in [0.4, 0.5) is 13.2 Å². The molecule has 3 nitrogen and oxygen atoms in total. The molecule has 20 heavy (non-hydrogen) atoms. The van der Waals surface area contributed by atoms with E-state index in [0.29, 0.717) is 6.42 Å². The van der Waals surface area contributed by atoms with Crippen molar-refractivity contribution in [1.82, 2.24) is 0 Å². The first-order valence-corrected chi connectivity index (χ1v) is 6.81. The molecule has 1 unspecified atom stereocenters. The molecule has 0 amide bonds. The molecule has 112 valence electrons. The number of hydrogen-bond donors (Lipinski definition) is 1. The van der Waals surface area contributed by atoms with E-state index in [4.69, 9.17) is 16.9 Å². The summed E-state index contributed by atoms with van der Waals surface area (Å²) in [5.41, 5.74) is -1.57. The number of hydrogen-bond acceptors (Lipinski definition) is 2. The number of nitriles is 1. The maximum Gasteiger partial charge on any atom is 0.389 e. The van der Waals surface area contributed by atoms with Crippen molar-refractivity contribution in [3.05, 3.63) is 11.4 Å². The number of alkyl halides is 3. The number of nitrogens with zero attached hydrogens (tertiary/aromatic N) is 2. The number of rotatable bonds is 5. The van der Waals surface area contributed by atoms with Gasteiger partial charge in [0.25, 0.3) is 0 Å². The average Bonchev–Trinajstić information content (AvgIpc) is 2.43. The highest BCUT2D eigenvalue weighted by molar-refractivity contribution is 5.16. The van der Waals surface area contributed by atoms with Crippen molar-refractivity contribution in [2.24, 2.45) is 11.8 Å². The van der Waals surface area contributed by atoms with Crippen molar-refractivity contribution in [2.45, 2.75) is 56.7 Å². The second-order valence-corrected chi connectivity index (χ2v) is 5.66. The lowest BCUT2D eigenvalue weighted by Crippen LogP contribution is -2.31. The average molecular weight is 288 g/mol. The van der Waals surface area contributed by atoms with E-state index in [0.717, 1.165) is 19.3 Å². The third kappa shape index (κ3) is 5.02. The molecule has 0 spiro atoms. The molecular formula is C14H19F3N2O. The summed E-state index contributed by atoms with van der Waals surface area (Å²) in [4.78, 5) is 3.21. The van der Waals surface area contributed by atoms with Gasteiger partial charge >= 0.3 is 11.7 Å². The van der Waals surface area contributed by atoms with Gasteiger partial charge in [-0.25, -0.2) is 6.57 Å². The van der Waals surface area contributed by atoms with Crippen LogP contribution in [0.1, 0.15) is 44.9 Å². The summed E-state index contributed by atoms with van der Waals surface area (Å²) < 4.78 is 36.9. The van der Waals surface area contributed by atoms with Crippen LogP contribution in [0.2, 0.25) is 0 Å². The minimum Gasteiger partial charge on any atom is -0.396 e. The van der Waals surface area contributed by atoms with Gasteiger partial charge in [0.05, 0.1) is 6.42 Å². The van der Waals surface area contributed by atoms with E-state index in [1.807, 2.05) is 0 Å². The van der Waals surface area contributed by atoms with Gasteiger partial charge in [-0.15, -0.1) is 0 Å². The Morgan fingerprint density at radius 3 is 2.40 bits per heavy atom. The molecule has 1 aliphatic rings. The molecule has 0 saturated heterocycles. The van der Waals surface area contributed by atoms with Crippen molar-refractivity contribution >= 4 is 0 Å². The molecule has 1 aliphatic carbocycles. The van der Waals surface area contributed by atoms with E-state index in [-0.39, 0.29) is 24.9 Å². The van der Waals surface area contributed by atoms with E-state index in [1.54, 1.807) is 6.07 Å². The summed E-state index contributed by atoms with van der Waals surface area (Å²) in [6.45, 7) is 7.18. The first-order valence-electron chi connectivity index (χ1n) is 6.81. The van der Waals surface area contributed by atoms with Crippen LogP contribution >= 0.6 is 0 Å². The Kier molecular flexibility index (Phi) is 5.83. The lowest BCUT2D eigenvalue weighted by Gasteiger charge is -2.29. The molecule has 3 atom stereocenters. The van der Waals surface area contributed by atoms with Gasteiger partial charge in [-0.3, -0.25) is 4.85 Å². The summed E-state index contributed by atoms with van der Waals surface area (Å²) >= 11 is 0. The first-order chi connectivity index (χ1) is 9.34. The summed E-state index contributed by atoms with van der Waals surface area (Å²) in [7, 11) is 0. The molecule has 1 rings (SSSR count). The molecule has 1 saturated carbocycles. The van der Waals surface area contributed by atoms with Gasteiger partial charge in [-0.2, -0.15) is 18.4 Å². The van der Waals surface area contributed by atoms with Crippen LogP contribution in [0.25, 0.3) is 4.85 Å². The highest BCUT2D eigenvalue weighted by atomic mass is 19.4. The number of halogens is 3. The maximum atomic E-state index is 12.3. The molecule has 0 aromatic carbocycles. The smallest absolute Gasteiger partial charge is 0.389 e. The molecule has 1 N–H and O–H groups in total. The topological polar surface area (TPSA) is 48.4 Å². The van der Waals surface area contributed by atoms with Crippen molar-refractivity contribution in [3.63, 3.8) is 0 Å². The Hall–Kier alpha value is -1.27. The molecule has 0 heterocycles. The van der Waals surface area contributed by atoms with Crippen LogP contribution < -0.4 is 0 Å². The van der Waals surface area contributed by atoms with Crippen LogP contribution in [0.3, 0.4) is 0 Å². The predicted octanol–water partition coefficient (Wildman–Crippen LogP) is 3.70. The molecular weight excluding hydrogens is 269 g/mol.